The monoisotopic (exact) mass is 187 g/mol. The quantitative estimate of drug-likeness (QED) is 0.664. The highest BCUT2D eigenvalue weighted by Crippen LogP contribution is 2.06. The van der Waals surface area contributed by atoms with Crippen LogP contribution in [0.1, 0.15) is 34.1 Å². The molecule has 0 aromatic heterocycles. The largest absolute Gasteiger partial charge is 0.462 e. The number of esters is 1. The van der Waals surface area contributed by atoms with Gasteiger partial charge in [0.15, 0.2) is 0 Å². The van der Waals surface area contributed by atoms with Gasteiger partial charge in [-0.05, 0) is 33.2 Å². The van der Waals surface area contributed by atoms with Gasteiger partial charge in [-0.2, -0.15) is 0 Å². The summed E-state index contributed by atoms with van der Waals surface area (Å²) in [5, 5.41) is 2.96. The number of carbonyl (C=O) groups excluding carboxylic acids is 1. The zero-order valence-corrected chi connectivity index (χ0v) is 9.26. The van der Waals surface area contributed by atoms with E-state index in [2.05, 4.69) is 19.2 Å². The van der Waals surface area contributed by atoms with Crippen LogP contribution in [0.15, 0.2) is 0 Å². The van der Waals surface area contributed by atoms with E-state index in [-0.39, 0.29) is 18.1 Å². The van der Waals surface area contributed by atoms with Crippen molar-refractivity contribution < 1.29 is 9.53 Å². The third-order valence-corrected chi connectivity index (χ3v) is 1.69. The lowest BCUT2D eigenvalue weighted by Crippen LogP contribution is -2.37. The van der Waals surface area contributed by atoms with Crippen LogP contribution in [0.3, 0.4) is 0 Å². The molecule has 0 unspecified atom stereocenters. The molecule has 0 radical (unpaired) electrons. The predicted molar refractivity (Wildman–Crippen MR) is 53.5 cm³/mol. The summed E-state index contributed by atoms with van der Waals surface area (Å²) in [5.74, 6) is 0.350. The normalized spacial score (nSPS) is 13.5. The third kappa shape index (κ3) is 5.64. The summed E-state index contributed by atoms with van der Waals surface area (Å²) >= 11 is 0. The molecule has 0 spiro atoms. The Morgan fingerprint density at radius 2 is 1.85 bits per heavy atom. The molecule has 0 bridgehead atoms. The highest BCUT2D eigenvalue weighted by molar-refractivity contribution is 5.75. The molecule has 1 atom stereocenters. The molecule has 3 nitrogen and oxygen atoms in total. The Bertz CT molecular complexity index is 155. The second-order valence-corrected chi connectivity index (χ2v) is 3.96. The Morgan fingerprint density at radius 1 is 1.31 bits per heavy atom. The molecule has 0 aromatic rings. The Morgan fingerprint density at radius 3 is 2.15 bits per heavy atom. The smallest absolute Gasteiger partial charge is 0.323 e. The fourth-order valence-electron chi connectivity index (χ4n) is 1.12. The van der Waals surface area contributed by atoms with Crippen molar-refractivity contribution in [1.82, 2.24) is 5.32 Å². The maximum absolute atomic E-state index is 11.4. The van der Waals surface area contributed by atoms with Gasteiger partial charge in [0, 0.05) is 0 Å². The summed E-state index contributed by atoms with van der Waals surface area (Å²) in [4.78, 5) is 11.4. The highest BCUT2D eigenvalue weighted by atomic mass is 16.5. The SMILES string of the molecule is CN[C@H](CC(C)C)C(=O)OC(C)C. The second-order valence-electron chi connectivity index (χ2n) is 3.96. The van der Waals surface area contributed by atoms with E-state index in [1.165, 1.54) is 0 Å². The maximum Gasteiger partial charge on any atom is 0.323 e. The van der Waals surface area contributed by atoms with E-state index in [9.17, 15) is 4.79 Å². The lowest BCUT2D eigenvalue weighted by molar-refractivity contribution is -0.150. The van der Waals surface area contributed by atoms with Crippen LogP contribution >= 0.6 is 0 Å². The van der Waals surface area contributed by atoms with Crippen molar-refractivity contribution in [2.45, 2.75) is 46.3 Å². The predicted octanol–water partition coefficient (Wildman–Crippen LogP) is 1.57. The Hall–Kier alpha value is -0.570. The minimum absolute atomic E-state index is 0.0319. The van der Waals surface area contributed by atoms with Gasteiger partial charge < -0.3 is 10.1 Å². The average Bonchev–Trinajstić information content (AvgIpc) is 1.98. The van der Waals surface area contributed by atoms with Crippen LogP contribution < -0.4 is 5.32 Å². The fourth-order valence-corrected chi connectivity index (χ4v) is 1.12. The third-order valence-electron chi connectivity index (χ3n) is 1.69. The number of carbonyl (C=O) groups is 1. The first-order valence-corrected chi connectivity index (χ1v) is 4.85. The molecule has 3 heteroatoms. The number of hydrogen-bond donors (Lipinski definition) is 1. The first-order chi connectivity index (χ1) is 5.97. The molecule has 13 heavy (non-hydrogen) atoms. The van der Waals surface area contributed by atoms with Crippen molar-refractivity contribution in [3.8, 4) is 0 Å². The molecular weight excluding hydrogens is 166 g/mol. The van der Waals surface area contributed by atoms with Crippen molar-refractivity contribution >= 4 is 5.97 Å². The molecule has 0 saturated heterocycles. The molecule has 0 fully saturated rings. The molecule has 0 aliphatic carbocycles. The molecule has 0 heterocycles. The zero-order chi connectivity index (χ0) is 10.4. The van der Waals surface area contributed by atoms with Crippen molar-refractivity contribution in [2.75, 3.05) is 7.05 Å². The van der Waals surface area contributed by atoms with Crippen molar-refractivity contribution in [3.63, 3.8) is 0 Å². The van der Waals surface area contributed by atoms with Crippen molar-refractivity contribution in [2.24, 2.45) is 5.92 Å². The molecule has 1 N–H and O–H groups in total. The van der Waals surface area contributed by atoms with E-state index >= 15 is 0 Å². The van der Waals surface area contributed by atoms with Gasteiger partial charge in [0.25, 0.3) is 0 Å². The molecule has 0 rings (SSSR count). The number of ether oxygens (including phenoxy) is 1. The van der Waals surface area contributed by atoms with E-state index in [1.807, 2.05) is 13.8 Å². The van der Waals surface area contributed by atoms with E-state index in [0.29, 0.717) is 5.92 Å². The molecule has 0 amide bonds. The fraction of sp³-hybridized carbons (Fsp3) is 0.900. The summed E-state index contributed by atoms with van der Waals surface area (Å²) in [6.07, 6.45) is 0.790. The summed E-state index contributed by atoms with van der Waals surface area (Å²) in [7, 11) is 1.79. The summed E-state index contributed by atoms with van der Waals surface area (Å²) in [6, 6.07) is -0.164. The van der Waals surface area contributed by atoms with Gasteiger partial charge in [0.1, 0.15) is 6.04 Å². The first-order valence-electron chi connectivity index (χ1n) is 4.85. The van der Waals surface area contributed by atoms with E-state index in [1.54, 1.807) is 7.05 Å². The van der Waals surface area contributed by atoms with Gasteiger partial charge in [-0.1, -0.05) is 13.8 Å². The Labute approximate surface area is 80.8 Å². The van der Waals surface area contributed by atoms with Crippen LogP contribution in [0.2, 0.25) is 0 Å². The van der Waals surface area contributed by atoms with E-state index in [0.717, 1.165) is 6.42 Å². The average molecular weight is 187 g/mol. The Kier molecular flexibility index (Phi) is 5.71. The van der Waals surface area contributed by atoms with Crippen LogP contribution in [0.4, 0.5) is 0 Å². The first kappa shape index (κ1) is 12.4. The summed E-state index contributed by atoms with van der Waals surface area (Å²) in [6.45, 7) is 7.90. The van der Waals surface area contributed by atoms with E-state index < -0.39 is 0 Å². The molecular formula is C10H21NO2. The van der Waals surface area contributed by atoms with Crippen LogP contribution in [0.25, 0.3) is 0 Å². The van der Waals surface area contributed by atoms with Crippen LogP contribution in [0.5, 0.6) is 0 Å². The van der Waals surface area contributed by atoms with Crippen molar-refractivity contribution in [1.29, 1.82) is 0 Å². The lowest BCUT2D eigenvalue weighted by Gasteiger charge is -2.18. The van der Waals surface area contributed by atoms with Crippen molar-refractivity contribution in [3.05, 3.63) is 0 Å². The van der Waals surface area contributed by atoms with Crippen LogP contribution in [0, 0.1) is 5.92 Å². The topological polar surface area (TPSA) is 38.3 Å². The highest BCUT2D eigenvalue weighted by Gasteiger charge is 2.19. The number of hydrogen-bond acceptors (Lipinski definition) is 3. The zero-order valence-electron chi connectivity index (χ0n) is 9.26. The van der Waals surface area contributed by atoms with Gasteiger partial charge in [-0.25, -0.2) is 0 Å². The molecule has 78 valence electrons. The van der Waals surface area contributed by atoms with Gasteiger partial charge in [-0.3, -0.25) is 4.79 Å². The molecule has 0 saturated carbocycles. The minimum Gasteiger partial charge on any atom is -0.462 e. The number of likely N-dealkylation sites (N-methyl/N-ethyl adjacent to an activating group) is 1. The van der Waals surface area contributed by atoms with Crippen LogP contribution in [-0.2, 0) is 9.53 Å². The number of rotatable bonds is 5. The molecule has 0 aromatic carbocycles. The van der Waals surface area contributed by atoms with E-state index in [4.69, 9.17) is 4.74 Å². The number of nitrogens with one attached hydrogen (secondary N) is 1. The van der Waals surface area contributed by atoms with Gasteiger partial charge in [0.2, 0.25) is 0 Å². The van der Waals surface area contributed by atoms with Gasteiger partial charge in [0.05, 0.1) is 6.10 Å². The standard InChI is InChI=1S/C10H21NO2/c1-7(2)6-9(11-5)10(12)13-8(3)4/h7-9,11H,6H2,1-5H3/t9-/m1/s1. The molecule has 0 aliphatic rings. The molecule has 0 aliphatic heterocycles. The second kappa shape index (κ2) is 5.97. The summed E-state index contributed by atoms with van der Waals surface area (Å²) < 4.78 is 5.10. The minimum atomic E-state index is -0.164. The van der Waals surface area contributed by atoms with Gasteiger partial charge in [-0.15, -0.1) is 0 Å². The van der Waals surface area contributed by atoms with Gasteiger partial charge >= 0.3 is 5.97 Å². The Balaban J connectivity index is 3.99. The summed E-state index contributed by atoms with van der Waals surface area (Å²) in [5.41, 5.74) is 0. The van der Waals surface area contributed by atoms with Crippen LogP contribution in [-0.4, -0.2) is 25.2 Å². The maximum atomic E-state index is 11.4. The lowest BCUT2D eigenvalue weighted by atomic mass is 10.0.